The standard InChI is InChI=1S/C20H23N3O2.C2H2O4/c1-24-13-12-23-18(16-8-4-3-5-9-16)15-22-20(23)21-14-17-10-6-7-11-19(17)25-2;3-1(4)2(5)6/h3-11,15H,12-14H2,1-2H3,(H,21,22);(H,3,4)(H,5,6). The molecule has 9 nitrogen and oxygen atoms in total. The molecular formula is C22H25N3O6. The summed E-state index contributed by atoms with van der Waals surface area (Å²) < 4.78 is 12.8. The van der Waals surface area contributed by atoms with Crippen molar-refractivity contribution in [2.75, 3.05) is 26.1 Å². The third-order valence-electron chi connectivity index (χ3n) is 4.26. The highest BCUT2D eigenvalue weighted by Crippen LogP contribution is 2.24. The maximum absolute atomic E-state index is 9.10. The summed E-state index contributed by atoms with van der Waals surface area (Å²) in [6, 6.07) is 18.2. The Kier molecular flexibility index (Phi) is 9.06. The highest BCUT2D eigenvalue weighted by Gasteiger charge is 2.12. The number of nitrogens with zero attached hydrogens (tertiary/aromatic N) is 2. The van der Waals surface area contributed by atoms with Crippen molar-refractivity contribution in [2.24, 2.45) is 0 Å². The number of rotatable bonds is 8. The van der Waals surface area contributed by atoms with Crippen LogP contribution in [-0.2, 0) is 27.4 Å². The van der Waals surface area contributed by atoms with E-state index in [2.05, 4.69) is 27.0 Å². The predicted octanol–water partition coefficient (Wildman–Crippen LogP) is 2.97. The monoisotopic (exact) mass is 427 g/mol. The van der Waals surface area contributed by atoms with Crippen molar-refractivity contribution in [1.29, 1.82) is 0 Å². The summed E-state index contributed by atoms with van der Waals surface area (Å²) in [4.78, 5) is 22.8. The lowest BCUT2D eigenvalue weighted by atomic mass is 10.2. The number of aliphatic carboxylic acids is 2. The van der Waals surface area contributed by atoms with Crippen LogP contribution in [0.1, 0.15) is 5.56 Å². The quantitative estimate of drug-likeness (QED) is 0.469. The molecule has 3 aromatic rings. The van der Waals surface area contributed by atoms with Gasteiger partial charge in [-0.05, 0) is 11.6 Å². The summed E-state index contributed by atoms with van der Waals surface area (Å²) in [7, 11) is 3.40. The molecule has 1 aromatic heterocycles. The van der Waals surface area contributed by atoms with E-state index in [4.69, 9.17) is 29.3 Å². The van der Waals surface area contributed by atoms with Gasteiger partial charge in [0.2, 0.25) is 5.95 Å². The predicted molar refractivity (Wildman–Crippen MR) is 115 cm³/mol. The van der Waals surface area contributed by atoms with Gasteiger partial charge in [0.25, 0.3) is 0 Å². The molecule has 164 valence electrons. The number of anilines is 1. The molecule has 3 N–H and O–H groups in total. The zero-order valence-electron chi connectivity index (χ0n) is 17.3. The third-order valence-corrected chi connectivity index (χ3v) is 4.26. The summed E-state index contributed by atoms with van der Waals surface area (Å²) >= 11 is 0. The van der Waals surface area contributed by atoms with Crippen LogP contribution in [-0.4, -0.2) is 52.5 Å². The number of aromatic nitrogens is 2. The molecule has 31 heavy (non-hydrogen) atoms. The molecule has 1 heterocycles. The second-order valence-electron chi connectivity index (χ2n) is 6.25. The third kappa shape index (κ3) is 6.86. The van der Waals surface area contributed by atoms with Crippen LogP contribution in [0.4, 0.5) is 5.95 Å². The number of ether oxygens (including phenoxy) is 2. The molecule has 3 rings (SSSR count). The van der Waals surface area contributed by atoms with E-state index in [1.165, 1.54) is 0 Å². The summed E-state index contributed by atoms with van der Waals surface area (Å²) in [5, 5.41) is 18.2. The van der Waals surface area contributed by atoms with Crippen molar-refractivity contribution < 1.29 is 29.3 Å². The van der Waals surface area contributed by atoms with E-state index in [0.717, 1.165) is 35.1 Å². The number of nitrogens with one attached hydrogen (secondary N) is 1. The van der Waals surface area contributed by atoms with Crippen molar-refractivity contribution >= 4 is 17.9 Å². The van der Waals surface area contributed by atoms with Gasteiger partial charge in [0.1, 0.15) is 5.75 Å². The zero-order valence-corrected chi connectivity index (χ0v) is 17.3. The largest absolute Gasteiger partial charge is 0.496 e. The van der Waals surface area contributed by atoms with Crippen molar-refractivity contribution in [2.45, 2.75) is 13.1 Å². The molecule has 0 aliphatic heterocycles. The minimum Gasteiger partial charge on any atom is -0.496 e. The molecule has 0 saturated carbocycles. The molecule has 0 unspecified atom stereocenters. The number of hydrogen-bond acceptors (Lipinski definition) is 6. The molecule has 2 aromatic carbocycles. The van der Waals surface area contributed by atoms with Crippen LogP contribution in [0.15, 0.2) is 60.8 Å². The summed E-state index contributed by atoms with van der Waals surface area (Å²) in [6.07, 6.45) is 1.90. The lowest BCUT2D eigenvalue weighted by Gasteiger charge is -2.14. The summed E-state index contributed by atoms with van der Waals surface area (Å²) in [5.74, 6) is -1.96. The maximum Gasteiger partial charge on any atom is 0.414 e. The number of hydrogen-bond donors (Lipinski definition) is 3. The molecule has 0 aliphatic carbocycles. The molecule has 0 spiro atoms. The Labute approximate surface area is 179 Å². The van der Waals surface area contributed by atoms with E-state index < -0.39 is 11.9 Å². The van der Waals surface area contributed by atoms with Gasteiger partial charge in [-0.3, -0.25) is 0 Å². The van der Waals surface area contributed by atoms with Gasteiger partial charge in [-0.1, -0.05) is 48.5 Å². The molecule has 0 fully saturated rings. The highest BCUT2D eigenvalue weighted by atomic mass is 16.5. The Morgan fingerprint density at radius 2 is 1.65 bits per heavy atom. The Morgan fingerprint density at radius 3 is 2.26 bits per heavy atom. The van der Waals surface area contributed by atoms with Crippen molar-refractivity contribution in [3.8, 4) is 17.0 Å². The van der Waals surface area contributed by atoms with Gasteiger partial charge >= 0.3 is 11.9 Å². The molecule has 0 saturated heterocycles. The van der Waals surface area contributed by atoms with Crippen LogP contribution >= 0.6 is 0 Å². The number of carboxylic acids is 2. The number of carboxylic acid groups (broad SMARTS) is 2. The first-order valence-electron chi connectivity index (χ1n) is 9.39. The van der Waals surface area contributed by atoms with Crippen LogP contribution in [0, 0.1) is 0 Å². The molecule has 0 amide bonds. The first-order chi connectivity index (χ1) is 15.0. The first-order valence-corrected chi connectivity index (χ1v) is 9.39. The van der Waals surface area contributed by atoms with Gasteiger partial charge < -0.3 is 29.6 Å². The van der Waals surface area contributed by atoms with Gasteiger partial charge in [-0.25, -0.2) is 14.6 Å². The van der Waals surface area contributed by atoms with Gasteiger partial charge in [0, 0.05) is 25.8 Å². The van der Waals surface area contributed by atoms with E-state index in [-0.39, 0.29) is 0 Å². The maximum atomic E-state index is 9.10. The Bertz CT molecular complexity index is 976. The molecule has 0 bridgehead atoms. The van der Waals surface area contributed by atoms with Crippen molar-refractivity contribution in [3.05, 3.63) is 66.4 Å². The fraction of sp³-hybridized carbons (Fsp3) is 0.227. The van der Waals surface area contributed by atoms with E-state index in [0.29, 0.717) is 13.2 Å². The van der Waals surface area contributed by atoms with Crippen molar-refractivity contribution in [1.82, 2.24) is 9.55 Å². The normalized spacial score (nSPS) is 10.0. The molecule has 0 atom stereocenters. The number of methoxy groups -OCH3 is 2. The fourth-order valence-corrected chi connectivity index (χ4v) is 2.79. The number of para-hydroxylation sites is 1. The Balaban J connectivity index is 0.000000501. The lowest BCUT2D eigenvalue weighted by molar-refractivity contribution is -0.159. The Hall–Kier alpha value is -3.85. The lowest BCUT2D eigenvalue weighted by Crippen LogP contribution is -2.12. The smallest absolute Gasteiger partial charge is 0.414 e. The molecular weight excluding hydrogens is 402 g/mol. The SMILES string of the molecule is COCCn1c(-c2ccccc2)cnc1NCc1ccccc1OC.O=C(O)C(=O)O. The number of imidazole rings is 1. The second-order valence-corrected chi connectivity index (χ2v) is 6.25. The van der Waals surface area contributed by atoms with Crippen LogP contribution in [0.3, 0.4) is 0 Å². The van der Waals surface area contributed by atoms with Crippen LogP contribution in [0.5, 0.6) is 5.75 Å². The topological polar surface area (TPSA) is 123 Å². The average Bonchev–Trinajstić information content (AvgIpc) is 3.20. The highest BCUT2D eigenvalue weighted by molar-refractivity contribution is 6.27. The fourth-order valence-electron chi connectivity index (χ4n) is 2.79. The van der Waals surface area contributed by atoms with E-state index in [9.17, 15) is 0 Å². The summed E-state index contributed by atoms with van der Waals surface area (Å²) in [5.41, 5.74) is 3.30. The van der Waals surface area contributed by atoms with Gasteiger partial charge in [0.05, 0.1) is 25.6 Å². The number of carbonyl (C=O) groups is 2. The average molecular weight is 427 g/mol. The summed E-state index contributed by atoms with van der Waals surface area (Å²) in [6.45, 7) is 2.00. The van der Waals surface area contributed by atoms with E-state index >= 15 is 0 Å². The zero-order chi connectivity index (χ0) is 22.6. The first kappa shape index (κ1) is 23.4. The molecule has 0 radical (unpaired) electrons. The van der Waals surface area contributed by atoms with Crippen LogP contribution in [0.2, 0.25) is 0 Å². The second kappa shape index (κ2) is 12.0. The Morgan fingerprint density at radius 1 is 1.00 bits per heavy atom. The minimum absolute atomic E-state index is 0.625. The molecule has 9 heteroatoms. The van der Waals surface area contributed by atoms with E-state index in [1.54, 1.807) is 14.2 Å². The van der Waals surface area contributed by atoms with Crippen LogP contribution in [0.25, 0.3) is 11.3 Å². The number of benzene rings is 2. The van der Waals surface area contributed by atoms with Gasteiger partial charge in [0.15, 0.2) is 0 Å². The van der Waals surface area contributed by atoms with Crippen LogP contribution < -0.4 is 10.1 Å². The minimum atomic E-state index is -1.82. The molecule has 0 aliphatic rings. The van der Waals surface area contributed by atoms with Gasteiger partial charge in [-0.15, -0.1) is 0 Å². The van der Waals surface area contributed by atoms with E-state index in [1.807, 2.05) is 48.7 Å². The van der Waals surface area contributed by atoms with Gasteiger partial charge in [-0.2, -0.15) is 0 Å². The van der Waals surface area contributed by atoms with Crippen molar-refractivity contribution in [3.63, 3.8) is 0 Å².